The number of β-amino-alcohol motifs (C(OH)–C–C–N with tert-alkyl or cyclic N) is 1. The Morgan fingerprint density at radius 2 is 1.75 bits per heavy atom. The van der Waals surface area contributed by atoms with E-state index in [-0.39, 0.29) is 46.3 Å². The van der Waals surface area contributed by atoms with E-state index in [1.54, 1.807) is 18.2 Å². The van der Waals surface area contributed by atoms with E-state index in [4.69, 9.17) is 21.1 Å². The fourth-order valence-corrected chi connectivity index (χ4v) is 8.12. The minimum absolute atomic E-state index is 0.00702. The number of likely N-dealkylation sites (N-methyl/N-ethyl adjacent to an activating group) is 1. The number of halogens is 4. The smallest absolute Gasteiger partial charge is 0.497 e. The number of sulfonamides is 1. The zero-order valence-electron chi connectivity index (χ0n) is 26.5. The summed E-state index contributed by atoms with van der Waals surface area (Å²) in [5.41, 5.74) is -1.56. The molecule has 0 saturated carbocycles. The molecule has 3 atom stereocenters. The standard InChI is InChI=1S/C32H33ClF3N3O8S/c1-6-18-7-11-26(46-5)23(13-18)31(38-17-20(40)15-25(38)29(41)37(2)3)22-14-19(33)8-10-24(22)39(30(31)42)48(43,44)28-12-9-21(45-4)16-27(28)47-32(34,35)36/h7-14,16,20,25,40H,6,15,17H2,1-5H3/t20-,25+,31?/m1/s1. The van der Waals surface area contributed by atoms with Gasteiger partial charge < -0.3 is 24.2 Å². The monoisotopic (exact) mass is 711 g/mol. The molecule has 0 bridgehead atoms. The zero-order chi connectivity index (χ0) is 35.3. The van der Waals surface area contributed by atoms with Crippen LogP contribution in [0.3, 0.4) is 0 Å². The Kier molecular flexibility index (Phi) is 9.38. The Morgan fingerprint density at radius 3 is 2.35 bits per heavy atom. The van der Waals surface area contributed by atoms with Crippen molar-refractivity contribution in [3.05, 3.63) is 76.3 Å². The number of hydrogen-bond donors (Lipinski definition) is 1. The first kappa shape index (κ1) is 35.3. The van der Waals surface area contributed by atoms with E-state index in [2.05, 4.69) is 4.74 Å². The van der Waals surface area contributed by atoms with E-state index < -0.39 is 56.5 Å². The van der Waals surface area contributed by atoms with Gasteiger partial charge in [0.05, 0.1) is 32.1 Å². The van der Waals surface area contributed by atoms with Crippen molar-refractivity contribution in [3.8, 4) is 17.2 Å². The molecule has 2 aliphatic rings. The lowest BCUT2D eigenvalue weighted by Crippen LogP contribution is -2.59. The summed E-state index contributed by atoms with van der Waals surface area (Å²) in [6, 6.07) is 10.5. The fraction of sp³-hybridized carbons (Fsp3) is 0.375. The van der Waals surface area contributed by atoms with Crippen molar-refractivity contribution in [1.82, 2.24) is 9.80 Å². The number of aryl methyl sites for hydroxylation is 1. The van der Waals surface area contributed by atoms with Crippen molar-refractivity contribution in [3.63, 3.8) is 0 Å². The van der Waals surface area contributed by atoms with Gasteiger partial charge in [-0.25, -0.2) is 12.7 Å². The number of ether oxygens (including phenoxy) is 3. The molecule has 0 aliphatic carbocycles. The van der Waals surface area contributed by atoms with Crippen LogP contribution in [0, 0.1) is 0 Å². The molecule has 0 aromatic heterocycles. The van der Waals surface area contributed by atoms with Gasteiger partial charge in [0.15, 0.2) is 11.3 Å². The van der Waals surface area contributed by atoms with Crippen LogP contribution in [0.4, 0.5) is 18.9 Å². The van der Waals surface area contributed by atoms with E-state index in [0.717, 1.165) is 18.2 Å². The molecule has 1 unspecified atom stereocenters. The molecule has 2 aliphatic heterocycles. The molecule has 3 aromatic rings. The predicted octanol–water partition coefficient (Wildman–Crippen LogP) is 4.32. The summed E-state index contributed by atoms with van der Waals surface area (Å²) in [5, 5.41) is 11.1. The largest absolute Gasteiger partial charge is 0.573 e. The van der Waals surface area contributed by atoms with Crippen LogP contribution in [0.15, 0.2) is 59.5 Å². The molecule has 1 saturated heterocycles. The van der Waals surface area contributed by atoms with E-state index in [1.165, 1.54) is 56.3 Å². The molecule has 1 fully saturated rings. The Labute approximate surface area is 280 Å². The highest BCUT2D eigenvalue weighted by Gasteiger charge is 2.64. The maximum atomic E-state index is 15.3. The maximum Gasteiger partial charge on any atom is 0.573 e. The van der Waals surface area contributed by atoms with Gasteiger partial charge in [0.2, 0.25) is 5.91 Å². The predicted molar refractivity (Wildman–Crippen MR) is 169 cm³/mol. The van der Waals surface area contributed by atoms with Crippen molar-refractivity contribution in [2.24, 2.45) is 0 Å². The van der Waals surface area contributed by atoms with Crippen LogP contribution < -0.4 is 18.5 Å². The summed E-state index contributed by atoms with van der Waals surface area (Å²) < 4.78 is 85.2. The highest BCUT2D eigenvalue weighted by molar-refractivity contribution is 7.93. The van der Waals surface area contributed by atoms with Gasteiger partial charge in [-0.05, 0) is 60.9 Å². The Morgan fingerprint density at radius 1 is 1.04 bits per heavy atom. The average molecular weight is 712 g/mol. The molecule has 11 nitrogen and oxygen atoms in total. The third kappa shape index (κ3) is 5.82. The molecule has 0 spiro atoms. The van der Waals surface area contributed by atoms with Crippen LogP contribution in [0.5, 0.6) is 17.2 Å². The van der Waals surface area contributed by atoms with E-state index in [0.29, 0.717) is 16.3 Å². The molecule has 16 heteroatoms. The first-order valence-electron chi connectivity index (χ1n) is 14.7. The second-order valence-corrected chi connectivity index (χ2v) is 13.7. The maximum absolute atomic E-state index is 15.3. The van der Waals surface area contributed by atoms with Crippen LogP contribution in [-0.2, 0) is 31.6 Å². The quantitative estimate of drug-likeness (QED) is 0.346. The lowest BCUT2D eigenvalue weighted by molar-refractivity contribution is -0.275. The number of carbonyl (C=O) groups excluding carboxylic acids is 2. The van der Waals surface area contributed by atoms with E-state index >= 15 is 4.79 Å². The summed E-state index contributed by atoms with van der Waals surface area (Å²) >= 11 is 6.50. The number of amides is 2. The third-order valence-electron chi connectivity index (χ3n) is 8.45. The first-order chi connectivity index (χ1) is 22.5. The van der Waals surface area contributed by atoms with E-state index in [1.807, 2.05) is 6.92 Å². The number of hydrogen-bond acceptors (Lipinski definition) is 9. The number of fused-ring (bicyclic) bond motifs is 1. The van der Waals surface area contributed by atoms with Gasteiger partial charge >= 0.3 is 6.36 Å². The number of nitrogens with zero attached hydrogens (tertiary/aromatic N) is 3. The van der Waals surface area contributed by atoms with Crippen LogP contribution in [-0.4, -0.2) is 88.5 Å². The van der Waals surface area contributed by atoms with Gasteiger partial charge in [0, 0.05) is 42.9 Å². The number of likely N-dealkylation sites (tertiary alicyclic amines) is 1. The van der Waals surface area contributed by atoms with Gasteiger partial charge in [-0.3, -0.25) is 14.5 Å². The molecular weight excluding hydrogens is 679 g/mol. The minimum atomic E-state index is -5.31. The lowest BCUT2D eigenvalue weighted by Gasteiger charge is -2.42. The van der Waals surface area contributed by atoms with Crippen molar-refractivity contribution < 1.29 is 50.5 Å². The molecule has 2 heterocycles. The highest BCUT2D eigenvalue weighted by atomic mass is 35.5. The first-order valence-corrected chi connectivity index (χ1v) is 16.5. The van der Waals surface area contributed by atoms with Gasteiger partial charge in [-0.1, -0.05) is 24.6 Å². The van der Waals surface area contributed by atoms with Crippen molar-refractivity contribution in [1.29, 1.82) is 0 Å². The molecule has 3 aromatic carbocycles. The van der Waals surface area contributed by atoms with Crippen LogP contribution in [0.1, 0.15) is 30.0 Å². The summed E-state index contributed by atoms with van der Waals surface area (Å²) in [6.45, 7) is 1.60. The van der Waals surface area contributed by atoms with Crippen molar-refractivity contribution in [2.45, 2.75) is 48.7 Å². The Hall–Kier alpha value is -4.05. The molecule has 1 N–H and O–H groups in total. The normalized spacial score (nSPS) is 21.3. The number of aliphatic hydroxyl groups is 1. The molecule has 5 rings (SSSR count). The minimum Gasteiger partial charge on any atom is -0.497 e. The number of aliphatic hydroxyl groups excluding tert-OH is 1. The number of rotatable bonds is 9. The number of carbonyl (C=O) groups is 2. The topological polar surface area (TPSA) is 126 Å². The summed E-state index contributed by atoms with van der Waals surface area (Å²) in [4.78, 5) is 30.7. The second-order valence-electron chi connectivity index (χ2n) is 11.5. The number of benzene rings is 3. The molecular formula is C32H33ClF3N3O8S. The van der Waals surface area contributed by atoms with Crippen molar-refractivity contribution in [2.75, 3.05) is 39.2 Å². The van der Waals surface area contributed by atoms with Gasteiger partial charge in [-0.15, -0.1) is 13.2 Å². The van der Waals surface area contributed by atoms with Crippen LogP contribution in [0.25, 0.3) is 0 Å². The molecule has 258 valence electrons. The molecule has 48 heavy (non-hydrogen) atoms. The average Bonchev–Trinajstić information content (AvgIpc) is 3.53. The van der Waals surface area contributed by atoms with Crippen LogP contribution >= 0.6 is 11.6 Å². The number of methoxy groups -OCH3 is 2. The summed E-state index contributed by atoms with van der Waals surface area (Å²) in [7, 11) is 0.306. The van der Waals surface area contributed by atoms with Gasteiger partial charge in [0.25, 0.3) is 15.9 Å². The van der Waals surface area contributed by atoms with Crippen molar-refractivity contribution >= 4 is 39.1 Å². The zero-order valence-corrected chi connectivity index (χ0v) is 28.1. The highest BCUT2D eigenvalue weighted by Crippen LogP contribution is 2.55. The van der Waals surface area contributed by atoms with Gasteiger partial charge in [0.1, 0.15) is 16.4 Å². The summed E-state index contributed by atoms with van der Waals surface area (Å²) in [6.07, 6.45) is -6.05. The van der Waals surface area contributed by atoms with Gasteiger partial charge in [-0.2, -0.15) is 0 Å². The Bertz CT molecular complexity index is 1870. The summed E-state index contributed by atoms with van der Waals surface area (Å²) in [5.74, 6) is -2.77. The van der Waals surface area contributed by atoms with E-state index in [9.17, 15) is 31.5 Å². The number of anilines is 1. The fourth-order valence-electron chi connectivity index (χ4n) is 6.38. The van der Waals surface area contributed by atoms with Crippen LogP contribution in [0.2, 0.25) is 5.02 Å². The Balaban J connectivity index is 1.88. The second kappa shape index (κ2) is 12.8. The SMILES string of the molecule is CCc1ccc(OC)c(C2(N3C[C@H](O)C[C@H]3C(=O)N(C)C)C(=O)N(S(=O)(=O)c3ccc(OC)cc3OC(F)(F)F)c3ccc(Cl)cc32)c1. The third-order valence-corrected chi connectivity index (χ3v) is 10.4. The molecule has 0 radical (unpaired) electrons. The lowest BCUT2D eigenvalue weighted by atomic mass is 9.80. The molecule has 2 amide bonds. The number of alkyl halides is 3.